The zero-order valence-corrected chi connectivity index (χ0v) is 11.6. The van der Waals surface area contributed by atoms with Gasteiger partial charge in [-0.3, -0.25) is 0 Å². The van der Waals surface area contributed by atoms with Crippen molar-refractivity contribution in [2.45, 2.75) is 45.2 Å². The Kier molecular flexibility index (Phi) is 4.98. The van der Waals surface area contributed by atoms with Gasteiger partial charge >= 0.3 is 0 Å². The molecular weight excluding hydrogens is 216 g/mol. The normalized spacial score (nSPS) is 35.2. The fourth-order valence-electron chi connectivity index (χ4n) is 3.02. The van der Waals surface area contributed by atoms with Crippen molar-refractivity contribution >= 4 is 11.8 Å². The van der Waals surface area contributed by atoms with Crippen molar-refractivity contribution in [2.75, 3.05) is 31.1 Å². The number of nitrogens with zero attached hydrogens (tertiary/aromatic N) is 1. The molecule has 0 radical (unpaired) electrons. The van der Waals surface area contributed by atoms with E-state index < -0.39 is 0 Å². The van der Waals surface area contributed by atoms with E-state index in [9.17, 15) is 0 Å². The van der Waals surface area contributed by atoms with E-state index in [-0.39, 0.29) is 0 Å². The lowest BCUT2D eigenvalue weighted by molar-refractivity contribution is 0.211. The lowest BCUT2D eigenvalue weighted by Gasteiger charge is -2.33. The van der Waals surface area contributed by atoms with E-state index in [4.69, 9.17) is 0 Å². The Morgan fingerprint density at radius 1 is 1.38 bits per heavy atom. The summed E-state index contributed by atoms with van der Waals surface area (Å²) < 4.78 is 0. The monoisotopic (exact) mass is 242 g/mol. The minimum Gasteiger partial charge on any atom is -0.311 e. The first-order valence-corrected chi connectivity index (χ1v) is 8.01. The quantitative estimate of drug-likeness (QED) is 0.719. The SMILES string of the molecule is CCSCCC(C)NC1CCN2CCC1C2. The minimum absolute atomic E-state index is 0.705. The van der Waals surface area contributed by atoms with Crippen molar-refractivity contribution in [1.29, 1.82) is 0 Å². The highest BCUT2D eigenvalue weighted by Gasteiger charge is 2.34. The van der Waals surface area contributed by atoms with Crippen molar-refractivity contribution < 1.29 is 0 Å². The fraction of sp³-hybridized carbons (Fsp3) is 1.00. The van der Waals surface area contributed by atoms with Crippen LogP contribution in [0.4, 0.5) is 0 Å². The molecule has 2 nitrogen and oxygen atoms in total. The summed E-state index contributed by atoms with van der Waals surface area (Å²) in [5.74, 6) is 3.51. The van der Waals surface area contributed by atoms with Gasteiger partial charge in [0.25, 0.3) is 0 Å². The van der Waals surface area contributed by atoms with Crippen molar-refractivity contribution in [1.82, 2.24) is 10.2 Å². The summed E-state index contributed by atoms with van der Waals surface area (Å²) in [5, 5.41) is 3.87. The molecule has 2 fully saturated rings. The molecule has 3 heteroatoms. The number of piperidine rings is 1. The van der Waals surface area contributed by atoms with Crippen LogP contribution < -0.4 is 5.32 Å². The molecule has 2 aliphatic rings. The van der Waals surface area contributed by atoms with Crippen molar-refractivity contribution in [2.24, 2.45) is 5.92 Å². The molecule has 2 heterocycles. The van der Waals surface area contributed by atoms with Gasteiger partial charge in [0.05, 0.1) is 0 Å². The van der Waals surface area contributed by atoms with Crippen LogP contribution in [0.5, 0.6) is 0 Å². The van der Waals surface area contributed by atoms with E-state index in [1.807, 2.05) is 0 Å². The molecule has 0 spiro atoms. The first-order chi connectivity index (χ1) is 7.79. The molecule has 94 valence electrons. The molecule has 0 aromatic rings. The molecule has 0 amide bonds. The third-order valence-corrected chi connectivity index (χ3v) is 4.96. The Hall–Kier alpha value is 0.270. The molecule has 16 heavy (non-hydrogen) atoms. The second-order valence-corrected chi connectivity index (χ2v) is 6.69. The van der Waals surface area contributed by atoms with E-state index >= 15 is 0 Å². The number of fused-ring (bicyclic) bond motifs is 2. The van der Waals surface area contributed by atoms with E-state index in [0.29, 0.717) is 6.04 Å². The van der Waals surface area contributed by atoms with Crippen LogP contribution in [0, 0.1) is 5.92 Å². The molecule has 0 aromatic heterocycles. The Labute approximate surface area is 105 Å². The standard InChI is InChI=1S/C13H26N2S/c1-3-16-9-6-11(2)14-13-5-8-15-7-4-12(13)10-15/h11-14H,3-10H2,1-2H3. The van der Waals surface area contributed by atoms with Gasteiger partial charge in [-0.2, -0.15) is 11.8 Å². The summed E-state index contributed by atoms with van der Waals surface area (Å²) >= 11 is 2.07. The number of thioether (sulfide) groups is 1. The predicted molar refractivity (Wildman–Crippen MR) is 73.2 cm³/mol. The van der Waals surface area contributed by atoms with Gasteiger partial charge in [0.15, 0.2) is 0 Å². The zero-order chi connectivity index (χ0) is 11.4. The maximum absolute atomic E-state index is 3.87. The zero-order valence-electron chi connectivity index (χ0n) is 10.7. The Morgan fingerprint density at radius 2 is 2.19 bits per heavy atom. The third kappa shape index (κ3) is 3.38. The third-order valence-electron chi connectivity index (χ3n) is 4.03. The predicted octanol–water partition coefficient (Wildman–Crippen LogP) is 2.20. The van der Waals surface area contributed by atoms with Gasteiger partial charge in [0.2, 0.25) is 0 Å². The largest absolute Gasteiger partial charge is 0.311 e. The van der Waals surface area contributed by atoms with Crippen LogP contribution >= 0.6 is 11.8 Å². The van der Waals surface area contributed by atoms with Gasteiger partial charge in [-0.25, -0.2) is 0 Å². The molecule has 0 aliphatic carbocycles. The van der Waals surface area contributed by atoms with Crippen molar-refractivity contribution in [3.05, 3.63) is 0 Å². The highest BCUT2D eigenvalue weighted by atomic mass is 32.2. The molecular formula is C13H26N2S. The smallest absolute Gasteiger partial charge is 0.0123 e. The summed E-state index contributed by atoms with van der Waals surface area (Å²) in [7, 11) is 0. The van der Waals surface area contributed by atoms with Gasteiger partial charge in [0.1, 0.15) is 0 Å². The summed E-state index contributed by atoms with van der Waals surface area (Å²) in [6, 6.07) is 1.51. The van der Waals surface area contributed by atoms with Crippen LogP contribution in [-0.4, -0.2) is 48.1 Å². The van der Waals surface area contributed by atoms with Crippen LogP contribution in [0.1, 0.15) is 33.1 Å². The average Bonchev–Trinajstić information content (AvgIpc) is 2.66. The van der Waals surface area contributed by atoms with Gasteiger partial charge < -0.3 is 10.2 Å². The van der Waals surface area contributed by atoms with Gasteiger partial charge in [-0.1, -0.05) is 6.92 Å². The molecule has 2 aliphatic heterocycles. The highest BCUT2D eigenvalue weighted by molar-refractivity contribution is 7.99. The lowest BCUT2D eigenvalue weighted by Crippen LogP contribution is -2.47. The molecule has 2 bridgehead atoms. The average molecular weight is 242 g/mol. The number of nitrogens with one attached hydrogen (secondary N) is 1. The van der Waals surface area contributed by atoms with Crippen molar-refractivity contribution in [3.8, 4) is 0 Å². The first-order valence-electron chi connectivity index (χ1n) is 6.85. The van der Waals surface area contributed by atoms with Gasteiger partial charge in [-0.15, -0.1) is 0 Å². The number of hydrogen-bond donors (Lipinski definition) is 1. The number of hydrogen-bond acceptors (Lipinski definition) is 3. The molecule has 0 aromatic carbocycles. The second-order valence-electron chi connectivity index (χ2n) is 5.30. The van der Waals surface area contributed by atoms with Crippen molar-refractivity contribution in [3.63, 3.8) is 0 Å². The molecule has 1 N–H and O–H groups in total. The maximum atomic E-state index is 3.87. The van der Waals surface area contributed by atoms with Gasteiger partial charge in [0, 0.05) is 18.6 Å². The number of rotatable bonds is 6. The maximum Gasteiger partial charge on any atom is 0.0123 e. The molecule has 4 unspecified atom stereocenters. The van der Waals surface area contributed by atoms with E-state index in [2.05, 4.69) is 35.8 Å². The molecule has 2 rings (SSSR count). The molecule has 2 saturated heterocycles. The summed E-state index contributed by atoms with van der Waals surface area (Å²) in [4.78, 5) is 2.63. The Bertz CT molecular complexity index is 210. The van der Waals surface area contributed by atoms with E-state index in [1.54, 1.807) is 0 Å². The summed E-state index contributed by atoms with van der Waals surface area (Å²) in [6.07, 6.45) is 4.12. The molecule has 4 atom stereocenters. The summed E-state index contributed by atoms with van der Waals surface area (Å²) in [6.45, 7) is 8.64. The molecule has 0 saturated carbocycles. The van der Waals surface area contributed by atoms with Gasteiger partial charge in [-0.05, 0) is 56.7 Å². The highest BCUT2D eigenvalue weighted by Crippen LogP contribution is 2.27. The van der Waals surface area contributed by atoms with Crippen LogP contribution in [0.15, 0.2) is 0 Å². The van der Waals surface area contributed by atoms with E-state index in [0.717, 1.165) is 12.0 Å². The second kappa shape index (κ2) is 6.27. The van der Waals surface area contributed by atoms with Crippen LogP contribution in [-0.2, 0) is 0 Å². The summed E-state index contributed by atoms with van der Waals surface area (Å²) in [5.41, 5.74) is 0. The van der Waals surface area contributed by atoms with Crippen LogP contribution in [0.25, 0.3) is 0 Å². The van der Waals surface area contributed by atoms with Crippen LogP contribution in [0.2, 0.25) is 0 Å². The topological polar surface area (TPSA) is 15.3 Å². The Balaban J connectivity index is 1.68. The lowest BCUT2D eigenvalue weighted by atomic mass is 9.93. The van der Waals surface area contributed by atoms with E-state index in [1.165, 1.54) is 50.4 Å². The fourth-order valence-corrected chi connectivity index (χ4v) is 3.83. The van der Waals surface area contributed by atoms with Crippen LogP contribution in [0.3, 0.4) is 0 Å². The first kappa shape index (κ1) is 12.7. The minimum atomic E-state index is 0.705. The Morgan fingerprint density at radius 3 is 3.00 bits per heavy atom.